The third kappa shape index (κ3) is 5.22. The molecule has 0 aliphatic carbocycles. The van der Waals surface area contributed by atoms with Gasteiger partial charge in [0.25, 0.3) is 5.91 Å². The van der Waals surface area contributed by atoms with Crippen LogP contribution < -0.4 is 10.6 Å². The lowest BCUT2D eigenvalue weighted by molar-refractivity contribution is 0.0951. The van der Waals surface area contributed by atoms with Gasteiger partial charge in [-0.2, -0.15) is 5.10 Å². The molecular formula is C21H24N8OS. The zero-order chi connectivity index (χ0) is 21.8. The first-order chi connectivity index (χ1) is 15.0. The first-order valence-corrected chi connectivity index (χ1v) is 10.6. The van der Waals surface area contributed by atoms with Crippen LogP contribution in [0.3, 0.4) is 0 Å². The second kappa shape index (κ2) is 9.19. The quantitative estimate of drug-likeness (QED) is 0.365. The van der Waals surface area contributed by atoms with Gasteiger partial charge in [0.1, 0.15) is 10.7 Å². The number of hydrogen-bond donors (Lipinski definition) is 3. The third-order valence-electron chi connectivity index (χ3n) is 4.50. The van der Waals surface area contributed by atoms with Gasteiger partial charge in [0, 0.05) is 53.8 Å². The number of likely N-dealkylation sites (N-methyl/N-ethyl adjacent to an activating group) is 1. The molecule has 0 radical (unpaired) electrons. The summed E-state index contributed by atoms with van der Waals surface area (Å²) in [7, 11) is 3.95. The molecule has 0 fully saturated rings. The van der Waals surface area contributed by atoms with Gasteiger partial charge in [-0.25, -0.2) is 9.97 Å². The molecule has 0 bridgehead atoms. The van der Waals surface area contributed by atoms with Crippen LogP contribution in [-0.4, -0.2) is 62.6 Å². The van der Waals surface area contributed by atoms with Crippen LogP contribution in [0.4, 0.5) is 11.8 Å². The van der Waals surface area contributed by atoms with E-state index in [4.69, 9.17) is 4.98 Å². The fraction of sp³-hybridized carbons (Fsp3) is 0.238. The van der Waals surface area contributed by atoms with Crippen molar-refractivity contribution in [2.45, 2.75) is 16.8 Å². The predicted octanol–water partition coefficient (Wildman–Crippen LogP) is 2.95. The summed E-state index contributed by atoms with van der Waals surface area (Å²) in [6, 6.07) is 11.3. The van der Waals surface area contributed by atoms with Gasteiger partial charge in [-0.15, -0.1) is 0 Å². The fourth-order valence-electron chi connectivity index (χ4n) is 2.93. The highest BCUT2D eigenvalue weighted by atomic mass is 32.2. The highest BCUT2D eigenvalue weighted by molar-refractivity contribution is 7.99. The lowest BCUT2D eigenvalue weighted by Gasteiger charge is -2.11. The zero-order valence-corrected chi connectivity index (χ0v) is 18.4. The third-order valence-corrected chi connectivity index (χ3v) is 5.42. The molecule has 0 spiro atoms. The normalized spacial score (nSPS) is 11.2. The van der Waals surface area contributed by atoms with Crippen LogP contribution in [0.5, 0.6) is 0 Å². The minimum Gasteiger partial charge on any atom is -0.351 e. The molecule has 0 saturated heterocycles. The minimum absolute atomic E-state index is 0.0730. The largest absolute Gasteiger partial charge is 0.351 e. The van der Waals surface area contributed by atoms with Crippen molar-refractivity contribution in [1.82, 2.24) is 34.8 Å². The number of H-pyrrole nitrogens is 1. The van der Waals surface area contributed by atoms with Crippen molar-refractivity contribution in [3.63, 3.8) is 0 Å². The van der Waals surface area contributed by atoms with E-state index < -0.39 is 0 Å². The molecule has 0 aliphatic rings. The van der Waals surface area contributed by atoms with Crippen LogP contribution in [0.15, 0.2) is 58.7 Å². The zero-order valence-electron chi connectivity index (χ0n) is 17.6. The maximum atomic E-state index is 12.3. The Morgan fingerprint density at radius 1 is 1.23 bits per heavy atom. The van der Waals surface area contributed by atoms with Gasteiger partial charge in [0.05, 0.1) is 0 Å². The van der Waals surface area contributed by atoms with E-state index in [2.05, 4.69) is 25.8 Å². The summed E-state index contributed by atoms with van der Waals surface area (Å²) in [4.78, 5) is 24.4. The van der Waals surface area contributed by atoms with E-state index in [0.29, 0.717) is 23.9 Å². The minimum atomic E-state index is -0.0730. The highest BCUT2D eigenvalue weighted by Crippen LogP contribution is 2.29. The van der Waals surface area contributed by atoms with Crippen LogP contribution in [0, 0.1) is 6.92 Å². The average molecular weight is 437 g/mol. The Labute approximate surface area is 184 Å². The van der Waals surface area contributed by atoms with E-state index in [9.17, 15) is 4.79 Å². The standard InChI is InChI=1S/C21H24N8OS/c1-14-12-17(27-26-14)24-21-25-19(13-18-22-9-11-29(18)21)31-16-6-4-15(5-7-16)20(30)23-8-10-28(2)3/h4-7,9,11-13H,8,10H2,1-3H3,(H,23,30)(H2,24,25,26,27). The number of fused-ring (bicyclic) bond motifs is 1. The lowest BCUT2D eigenvalue weighted by atomic mass is 10.2. The molecule has 160 valence electrons. The summed E-state index contributed by atoms with van der Waals surface area (Å²) >= 11 is 1.51. The van der Waals surface area contributed by atoms with Crippen molar-refractivity contribution in [2.24, 2.45) is 0 Å². The number of nitrogens with one attached hydrogen (secondary N) is 3. The Bertz CT molecular complexity index is 1180. The molecule has 9 nitrogen and oxygen atoms in total. The number of benzene rings is 1. The van der Waals surface area contributed by atoms with Crippen molar-refractivity contribution in [2.75, 3.05) is 32.5 Å². The molecular weight excluding hydrogens is 412 g/mol. The van der Waals surface area contributed by atoms with Crippen molar-refractivity contribution in [3.05, 3.63) is 60.0 Å². The summed E-state index contributed by atoms with van der Waals surface area (Å²) in [5, 5.41) is 14.1. The SMILES string of the molecule is Cc1cc(Nc2nc(Sc3ccc(C(=O)NCCN(C)C)cc3)cc3nccn23)n[nH]1. The van der Waals surface area contributed by atoms with E-state index in [1.54, 1.807) is 6.20 Å². The lowest BCUT2D eigenvalue weighted by Crippen LogP contribution is -2.31. The van der Waals surface area contributed by atoms with Gasteiger partial charge in [0.15, 0.2) is 5.82 Å². The van der Waals surface area contributed by atoms with E-state index in [0.717, 1.165) is 27.8 Å². The van der Waals surface area contributed by atoms with Gasteiger partial charge in [-0.1, -0.05) is 11.8 Å². The Hall–Kier alpha value is -3.37. The molecule has 0 atom stereocenters. The maximum absolute atomic E-state index is 12.3. The van der Waals surface area contributed by atoms with Crippen molar-refractivity contribution < 1.29 is 4.79 Å². The Morgan fingerprint density at radius 2 is 2.03 bits per heavy atom. The number of amides is 1. The molecule has 4 rings (SSSR count). The Kier molecular flexibility index (Phi) is 6.19. The van der Waals surface area contributed by atoms with E-state index in [-0.39, 0.29) is 5.91 Å². The molecule has 3 N–H and O–H groups in total. The first kappa shape index (κ1) is 20.9. The van der Waals surface area contributed by atoms with Crippen molar-refractivity contribution in [3.8, 4) is 0 Å². The number of carbonyl (C=O) groups excluding carboxylic acids is 1. The fourth-order valence-corrected chi connectivity index (χ4v) is 3.74. The summed E-state index contributed by atoms with van der Waals surface area (Å²) in [6.07, 6.45) is 3.58. The van der Waals surface area contributed by atoms with Gasteiger partial charge in [-0.3, -0.25) is 14.3 Å². The molecule has 1 aromatic carbocycles. The summed E-state index contributed by atoms with van der Waals surface area (Å²) in [6.45, 7) is 3.36. The van der Waals surface area contributed by atoms with Crippen molar-refractivity contribution >= 4 is 35.1 Å². The number of rotatable bonds is 8. The smallest absolute Gasteiger partial charge is 0.251 e. The molecule has 31 heavy (non-hydrogen) atoms. The number of imidazole rings is 1. The topological polar surface area (TPSA) is 103 Å². The number of aromatic nitrogens is 5. The summed E-state index contributed by atoms with van der Waals surface area (Å²) in [5.41, 5.74) is 2.38. The van der Waals surface area contributed by atoms with Crippen LogP contribution in [0.1, 0.15) is 16.1 Å². The van der Waals surface area contributed by atoms with Gasteiger partial charge in [0.2, 0.25) is 5.95 Å². The van der Waals surface area contributed by atoms with E-state index >= 15 is 0 Å². The molecule has 4 aromatic rings. The molecule has 0 saturated carbocycles. The number of anilines is 2. The second-order valence-electron chi connectivity index (χ2n) is 7.32. The Balaban J connectivity index is 1.48. The molecule has 0 aliphatic heterocycles. The molecule has 10 heteroatoms. The number of nitrogens with zero attached hydrogens (tertiary/aromatic N) is 5. The van der Waals surface area contributed by atoms with Crippen LogP contribution >= 0.6 is 11.8 Å². The maximum Gasteiger partial charge on any atom is 0.251 e. The van der Waals surface area contributed by atoms with Gasteiger partial charge >= 0.3 is 0 Å². The number of hydrogen-bond acceptors (Lipinski definition) is 7. The van der Waals surface area contributed by atoms with Crippen LogP contribution in [0.25, 0.3) is 5.65 Å². The van der Waals surface area contributed by atoms with Gasteiger partial charge < -0.3 is 15.5 Å². The Morgan fingerprint density at radius 3 is 2.74 bits per heavy atom. The van der Waals surface area contributed by atoms with E-state index in [1.165, 1.54) is 11.8 Å². The summed E-state index contributed by atoms with van der Waals surface area (Å²) < 4.78 is 1.87. The predicted molar refractivity (Wildman–Crippen MR) is 121 cm³/mol. The summed E-state index contributed by atoms with van der Waals surface area (Å²) in [5.74, 6) is 1.24. The number of carbonyl (C=O) groups is 1. The average Bonchev–Trinajstić information content (AvgIpc) is 3.37. The van der Waals surface area contributed by atoms with E-state index in [1.807, 2.05) is 72.9 Å². The van der Waals surface area contributed by atoms with Gasteiger partial charge in [-0.05, 0) is 45.3 Å². The number of aromatic amines is 1. The number of aryl methyl sites for hydroxylation is 1. The molecule has 3 aromatic heterocycles. The molecule has 1 amide bonds. The van der Waals surface area contributed by atoms with Crippen molar-refractivity contribution in [1.29, 1.82) is 0 Å². The molecule has 0 unspecified atom stereocenters. The first-order valence-electron chi connectivity index (χ1n) is 9.82. The highest BCUT2D eigenvalue weighted by Gasteiger charge is 2.11. The monoisotopic (exact) mass is 436 g/mol. The molecule has 3 heterocycles. The second-order valence-corrected chi connectivity index (χ2v) is 8.41. The van der Waals surface area contributed by atoms with Crippen LogP contribution in [0.2, 0.25) is 0 Å². The van der Waals surface area contributed by atoms with Crippen LogP contribution in [-0.2, 0) is 0 Å².